The summed E-state index contributed by atoms with van der Waals surface area (Å²) >= 11 is 0. The number of amides is 2. The Hall–Kier alpha value is -1.67. The van der Waals surface area contributed by atoms with E-state index in [9.17, 15) is 14.4 Å². The molecule has 1 aliphatic heterocycles. The molecule has 0 bridgehead atoms. The number of nitrogens with one attached hydrogen (secondary N) is 1. The van der Waals surface area contributed by atoms with E-state index in [1.165, 1.54) is 9.80 Å². The molecule has 0 saturated carbocycles. The Morgan fingerprint density at radius 1 is 1.44 bits per heavy atom. The van der Waals surface area contributed by atoms with Gasteiger partial charge in [0.1, 0.15) is 0 Å². The van der Waals surface area contributed by atoms with Crippen molar-refractivity contribution in [3.63, 3.8) is 0 Å². The van der Waals surface area contributed by atoms with Gasteiger partial charge in [0.25, 0.3) is 0 Å². The zero-order chi connectivity index (χ0) is 12.1. The number of carbonyl (C=O) groups is 3. The van der Waals surface area contributed by atoms with Gasteiger partial charge in [0.15, 0.2) is 0 Å². The molecule has 2 amide bonds. The Bertz CT molecular complexity index is 306. The van der Waals surface area contributed by atoms with E-state index in [0.717, 1.165) is 0 Å². The van der Waals surface area contributed by atoms with Gasteiger partial charge in [0.05, 0.1) is 6.42 Å². The molecule has 1 aliphatic rings. The van der Waals surface area contributed by atoms with Crippen molar-refractivity contribution in [2.24, 2.45) is 5.84 Å². The lowest BCUT2D eigenvalue weighted by Gasteiger charge is -2.31. The smallest absolute Gasteiger partial charge is 0.328 e. The lowest BCUT2D eigenvalue weighted by Crippen LogP contribution is -2.53. The van der Waals surface area contributed by atoms with Crippen molar-refractivity contribution in [1.82, 2.24) is 15.4 Å². The number of nitrogens with zero attached hydrogens (tertiary/aromatic N) is 2. The van der Waals surface area contributed by atoms with Crippen LogP contribution in [0.25, 0.3) is 0 Å². The van der Waals surface area contributed by atoms with Crippen LogP contribution in [-0.2, 0) is 19.2 Å². The molecule has 90 valence electrons. The number of piperazine rings is 1. The number of hydrazine groups is 1. The second-order valence-electron chi connectivity index (χ2n) is 3.36. The predicted octanol–water partition coefficient (Wildman–Crippen LogP) is -2.40. The monoisotopic (exact) mass is 230 g/mol. The van der Waals surface area contributed by atoms with Crippen molar-refractivity contribution in [2.45, 2.75) is 6.42 Å². The molecule has 16 heavy (non-hydrogen) atoms. The van der Waals surface area contributed by atoms with Crippen LogP contribution in [0.1, 0.15) is 6.42 Å². The number of carbonyl (C=O) groups excluding carboxylic acids is 3. The number of likely N-dealkylation sites (N-methyl/N-ethyl adjacent to an activating group) is 1. The summed E-state index contributed by atoms with van der Waals surface area (Å²) in [5.41, 5.74) is 1.75. The molecule has 3 N–H and O–H groups in total. The maximum Gasteiger partial charge on any atom is 0.328 e. The van der Waals surface area contributed by atoms with Crippen molar-refractivity contribution in [3.8, 4) is 0 Å². The highest BCUT2D eigenvalue weighted by atomic mass is 16.7. The van der Waals surface area contributed by atoms with Crippen molar-refractivity contribution >= 4 is 17.8 Å². The maximum atomic E-state index is 11.4. The summed E-state index contributed by atoms with van der Waals surface area (Å²) in [5.74, 6) is 3.04. The van der Waals surface area contributed by atoms with Gasteiger partial charge in [-0.1, -0.05) is 5.59 Å². The van der Waals surface area contributed by atoms with E-state index < -0.39 is 17.8 Å². The van der Waals surface area contributed by atoms with E-state index in [-0.39, 0.29) is 13.0 Å². The Morgan fingerprint density at radius 3 is 2.75 bits per heavy atom. The molecule has 1 heterocycles. The summed E-state index contributed by atoms with van der Waals surface area (Å²) in [4.78, 5) is 40.6. The first-order valence-electron chi connectivity index (χ1n) is 4.76. The zero-order valence-corrected chi connectivity index (χ0v) is 8.93. The molecule has 1 saturated heterocycles. The summed E-state index contributed by atoms with van der Waals surface area (Å²) < 4.78 is 0. The SMILES string of the molecule is CN1CCN(CCC(=O)ONN)C(=O)C1=O. The summed E-state index contributed by atoms with van der Waals surface area (Å²) in [6.07, 6.45) is -0.00701. The van der Waals surface area contributed by atoms with Crippen LogP contribution < -0.4 is 11.4 Å². The number of hydrogen-bond donors (Lipinski definition) is 2. The van der Waals surface area contributed by atoms with Crippen LogP contribution in [-0.4, -0.2) is 54.3 Å². The normalized spacial score (nSPS) is 16.6. The molecule has 1 fully saturated rings. The highest BCUT2D eigenvalue weighted by Crippen LogP contribution is 2.03. The molecule has 0 radical (unpaired) electrons. The average Bonchev–Trinajstić information content (AvgIpc) is 2.25. The zero-order valence-electron chi connectivity index (χ0n) is 8.93. The molecule has 0 spiro atoms. The van der Waals surface area contributed by atoms with Gasteiger partial charge in [-0.2, -0.15) is 0 Å². The Kier molecular flexibility index (Phi) is 4.20. The third-order valence-corrected chi connectivity index (χ3v) is 2.28. The maximum absolute atomic E-state index is 11.4. The highest BCUT2D eigenvalue weighted by Gasteiger charge is 2.30. The number of hydrogen-bond acceptors (Lipinski definition) is 6. The molecular weight excluding hydrogens is 216 g/mol. The molecule has 1 rings (SSSR count). The minimum absolute atomic E-state index is 0.00701. The van der Waals surface area contributed by atoms with Crippen molar-refractivity contribution in [2.75, 3.05) is 26.7 Å². The molecule has 0 aromatic carbocycles. The van der Waals surface area contributed by atoms with Crippen molar-refractivity contribution < 1.29 is 19.2 Å². The molecule has 8 nitrogen and oxygen atoms in total. The van der Waals surface area contributed by atoms with Crippen LogP contribution in [0, 0.1) is 0 Å². The van der Waals surface area contributed by atoms with Gasteiger partial charge in [0, 0.05) is 26.7 Å². The van der Waals surface area contributed by atoms with Crippen LogP contribution in [0.4, 0.5) is 0 Å². The van der Waals surface area contributed by atoms with E-state index in [4.69, 9.17) is 5.84 Å². The first-order chi connectivity index (χ1) is 7.56. The second-order valence-corrected chi connectivity index (χ2v) is 3.36. The molecule has 0 aromatic heterocycles. The van der Waals surface area contributed by atoms with Crippen LogP contribution in [0.15, 0.2) is 0 Å². The van der Waals surface area contributed by atoms with Crippen LogP contribution >= 0.6 is 0 Å². The fourth-order valence-corrected chi connectivity index (χ4v) is 1.33. The van der Waals surface area contributed by atoms with Crippen molar-refractivity contribution in [3.05, 3.63) is 0 Å². The largest absolute Gasteiger partial charge is 0.356 e. The molecule has 0 unspecified atom stereocenters. The fraction of sp³-hybridized carbons (Fsp3) is 0.625. The predicted molar refractivity (Wildman–Crippen MR) is 52.2 cm³/mol. The van der Waals surface area contributed by atoms with Crippen LogP contribution in [0.5, 0.6) is 0 Å². The average molecular weight is 230 g/mol. The first-order valence-corrected chi connectivity index (χ1v) is 4.76. The summed E-state index contributed by atoms with van der Waals surface area (Å²) in [6.45, 7) is 1.04. The molecule has 0 aliphatic carbocycles. The molecule has 8 heteroatoms. The summed E-state index contributed by atoms with van der Waals surface area (Å²) in [6, 6.07) is 0. The van der Waals surface area contributed by atoms with Gasteiger partial charge in [-0.3, -0.25) is 14.4 Å². The third kappa shape index (κ3) is 2.91. The summed E-state index contributed by atoms with van der Waals surface area (Å²) in [5, 5.41) is 0. The van der Waals surface area contributed by atoms with E-state index in [0.29, 0.717) is 13.1 Å². The molecular formula is C8H14N4O4. The third-order valence-electron chi connectivity index (χ3n) is 2.28. The topological polar surface area (TPSA) is 105 Å². The van der Waals surface area contributed by atoms with E-state index >= 15 is 0 Å². The van der Waals surface area contributed by atoms with Gasteiger partial charge in [0.2, 0.25) is 0 Å². The van der Waals surface area contributed by atoms with Crippen LogP contribution in [0.2, 0.25) is 0 Å². The minimum Gasteiger partial charge on any atom is -0.356 e. The number of nitrogens with two attached hydrogens (primary N) is 1. The Balaban J connectivity index is 2.41. The lowest BCUT2D eigenvalue weighted by atomic mass is 10.3. The Morgan fingerprint density at radius 2 is 2.12 bits per heavy atom. The Labute approximate surface area is 92.2 Å². The molecule has 0 aromatic rings. The quantitative estimate of drug-likeness (QED) is 0.317. The minimum atomic E-state index is -0.595. The summed E-state index contributed by atoms with van der Waals surface area (Å²) in [7, 11) is 1.56. The van der Waals surface area contributed by atoms with Gasteiger partial charge in [-0.25, -0.2) is 5.84 Å². The highest BCUT2D eigenvalue weighted by molar-refractivity contribution is 6.35. The number of rotatable bonds is 4. The van der Waals surface area contributed by atoms with Crippen LogP contribution in [0.3, 0.4) is 0 Å². The first kappa shape index (κ1) is 12.4. The standard InChI is InChI=1S/C8H14N4O4/c1-11-4-5-12(8(15)7(11)14)3-2-6(13)16-10-9/h10H,2-5,9H2,1H3. The fourth-order valence-electron chi connectivity index (χ4n) is 1.33. The van der Waals surface area contributed by atoms with Gasteiger partial charge < -0.3 is 14.6 Å². The van der Waals surface area contributed by atoms with Gasteiger partial charge >= 0.3 is 17.8 Å². The van der Waals surface area contributed by atoms with Gasteiger partial charge in [-0.05, 0) is 0 Å². The van der Waals surface area contributed by atoms with Gasteiger partial charge in [-0.15, -0.1) is 0 Å². The van der Waals surface area contributed by atoms with Crippen molar-refractivity contribution in [1.29, 1.82) is 0 Å². The lowest BCUT2D eigenvalue weighted by molar-refractivity contribution is -0.157. The van der Waals surface area contributed by atoms with E-state index in [2.05, 4.69) is 4.84 Å². The van der Waals surface area contributed by atoms with E-state index in [1.807, 2.05) is 0 Å². The van der Waals surface area contributed by atoms with E-state index in [1.54, 1.807) is 12.6 Å². The second kappa shape index (κ2) is 5.42. The molecule has 0 atom stereocenters.